The van der Waals surface area contributed by atoms with Crippen molar-refractivity contribution in [3.63, 3.8) is 0 Å². The number of benzene rings is 2. The van der Waals surface area contributed by atoms with E-state index in [-0.39, 0.29) is 12.3 Å². The zero-order valence-electron chi connectivity index (χ0n) is 11.0. The summed E-state index contributed by atoms with van der Waals surface area (Å²) in [6.45, 7) is 0.231. The lowest BCUT2D eigenvalue weighted by molar-refractivity contribution is 0.100. The Balaban J connectivity index is 2.18. The van der Waals surface area contributed by atoms with Gasteiger partial charge in [0.1, 0.15) is 6.07 Å². The molecule has 0 fully saturated rings. The largest absolute Gasteiger partial charge is 0.366 e. The third-order valence-corrected chi connectivity index (χ3v) is 3.46. The molecule has 0 atom stereocenters. The molecule has 4 heteroatoms. The number of carbonyl (C=O) groups excluding carboxylic acids is 1. The van der Waals surface area contributed by atoms with Crippen LogP contribution in [0, 0.1) is 11.3 Å². The summed E-state index contributed by atoms with van der Waals surface area (Å²) in [5.74, 6) is 0.0153. The Morgan fingerprint density at radius 3 is 2.70 bits per heavy atom. The number of anilines is 1. The van der Waals surface area contributed by atoms with E-state index in [0.717, 1.165) is 10.2 Å². The van der Waals surface area contributed by atoms with Gasteiger partial charge in [-0.25, -0.2) is 0 Å². The molecule has 0 amide bonds. The SMILES string of the molecule is CN(CC(=O)c1cccc(Br)c1)c1ccccc1C#N. The number of hydrogen-bond donors (Lipinski definition) is 0. The fraction of sp³-hybridized carbons (Fsp3) is 0.125. The van der Waals surface area contributed by atoms with E-state index in [1.54, 1.807) is 23.1 Å². The van der Waals surface area contributed by atoms with E-state index in [0.29, 0.717) is 11.1 Å². The Hall–Kier alpha value is -2.12. The van der Waals surface area contributed by atoms with Crippen LogP contribution in [0.2, 0.25) is 0 Å². The molecule has 3 nitrogen and oxygen atoms in total. The maximum absolute atomic E-state index is 12.2. The van der Waals surface area contributed by atoms with E-state index >= 15 is 0 Å². The summed E-state index contributed by atoms with van der Waals surface area (Å²) in [7, 11) is 1.81. The lowest BCUT2D eigenvalue weighted by Crippen LogP contribution is -2.26. The summed E-state index contributed by atoms with van der Waals surface area (Å²) in [4.78, 5) is 14.0. The first-order valence-electron chi connectivity index (χ1n) is 6.11. The van der Waals surface area contributed by atoms with Crippen LogP contribution in [-0.4, -0.2) is 19.4 Å². The second-order valence-electron chi connectivity index (χ2n) is 4.42. The minimum atomic E-state index is 0.0153. The molecule has 0 N–H and O–H groups in total. The number of carbonyl (C=O) groups is 1. The van der Waals surface area contributed by atoms with E-state index in [9.17, 15) is 4.79 Å². The molecule has 0 aromatic heterocycles. The molecule has 0 saturated carbocycles. The van der Waals surface area contributed by atoms with Gasteiger partial charge in [-0.1, -0.05) is 40.2 Å². The predicted octanol–water partition coefficient (Wildman–Crippen LogP) is 3.64. The van der Waals surface area contributed by atoms with Gasteiger partial charge in [-0.2, -0.15) is 5.26 Å². The first-order valence-corrected chi connectivity index (χ1v) is 6.90. The minimum Gasteiger partial charge on any atom is -0.366 e. The summed E-state index contributed by atoms with van der Waals surface area (Å²) < 4.78 is 0.878. The summed E-state index contributed by atoms with van der Waals surface area (Å²) in [5, 5.41) is 9.09. The Morgan fingerprint density at radius 1 is 1.25 bits per heavy atom. The normalized spacial score (nSPS) is 9.85. The molecule has 2 aromatic rings. The van der Waals surface area contributed by atoms with Gasteiger partial charge in [0.25, 0.3) is 0 Å². The Kier molecular flexibility index (Phi) is 4.54. The molecule has 0 unspecified atom stereocenters. The van der Waals surface area contributed by atoms with Crippen LogP contribution in [0.3, 0.4) is 0 Å². The molecule has 0 aliphatic carbocycles. The summed E-state index contributed by atoms with van der Waals surface area (Å²) in [6, 6.07) is 16.7. The van der Waals surface area contributed by atoms with E-state index in [1.807, 2.05) is 37.4 Å². The average molecular weight is 329 g/mol. The second kappa shape index (κ2) is 6.36. The average Bonchev–Trinajstić information content (AvgIpc) is 2.47. The van der Waals surface area contributed by atoms with Crippen molar-refractivity contribution >= 4 is 27.4 Å². The second-order valence-corrected chi connectivity index (χ2v) is 5.33. The molecular formula is C16H13BrN2O. The zero-order valence-corrected chi connectivity index (χ0v) is 12.6. The van der Waals surface area contributed by atoms with Crippen LogP contribution in [0.5, 0.6) is 0 Å². The summed E-state index contributed by atoms with van der Waals surface area (Å²) in [6.07, 6.45) is 0. The van der Waals surface area contributed by atoms with E-state index in [4.69, 9.17) is 5.26 Å². The van der Waals surface area contributed by atoms with Crippen molar-refractivity contribution in [3.8, 4) is 6.07 Å². The van der Waals surface area contributed by atoms with Gasteiger partial charge in [0, 0.05) is 17.1 Å². The van der Waals surface area contributed by atoms with Crippen LogP contribution in [0.4, 0.5) is 5.69 Å². The van der Waals surface area contributed by atoms with Crippen LogP contribution in [0.1, 0.15) is 15.9 Å². The number of nitriles is 1. The van der Waals surface area contributed by atoms with Crippen LogP contribution < -0.4 is 4.90 Å². The van der Waals surface area contributed by atoms with Crippen LogP contribution in [-0.2, 0) is 0 Å². The molecule has 0 spiro atoms. The van der Waals surface area contributed by atoms with Crippen molar-refractivity contribution in [1.29, 1.82) is 5.26 Å². The quantitative estimate of drug-likeness (QED) is 0.805. The van der Waals surface area contributed by atoms with Crippen LogP contribution in [0.15, 0.2) is 53.0 Å². The third kappa shape index (κ3) is 3.25. The Bertz CT molecular complexity index is 676. The number of Topliss-reactive ketones (excluding diaryl/α,β-unsaturated/α-hetero) is 1. The van der Waals surface area contributed by atoms with Crippen molar-refractivity contribution in [2.45, 2.75) is 0 Å². The molecule has 0 aliphatic rings. The highest BCUT2D eigenvalue weighted by Crippen LogP contribution is 2.19. The number of ketones is 1. The summed E-state index contributed by atoms with van der Waals surface area (Å²) >= 11 is 3.36. The Morgan fingerprint density at radius 2 is 2.00 bits per heavy atom. The van der Waals surface area contributed by atoms with Gasteiger partial charge in [0.05, 0.1) is 17.8 Å². The van der Waals surface area contributed by atoms with Gasteiger partial charge in [0.2, 0.25) is 0 Å². The predicted molar refractivity (Wildman–Crippen MR) is 82.9 cm³/mol. The lowest BCUT2D eigenvalue weighted by atomic mass is 10.1. The molecule has 0 aliphatic heterocycles. The lowest BCUT2D eigenvalue weighted by Gasteiger charge is -2.19. The smallest absolute Gasteiger partial charge is 0.182 e. The van der Waals surface area contributed by atoms with E-state index in [1.165, 1.54) is 0 Å². The molecule has 0 saturated heterocycles. The van der Waals surface area contributed by atoms with Gasteiger partial charge in [-0.05, 0) is 24.3 Å². The minimum absolute atomic E-state index is 0.0153. The highest BCUT2D eigenvalue weighted by molar-refractivity contribution is 9.10. The van der Waals surface area contributed by atoms with Gasteiger partial charge in [0.15, 0.2) is 5.78 Å². The molecule has 2 rings (SSSR count). The number of likely N-dealkylation sites (N-methyl/N-ethyl adjacent to an activating group) is 1. The van der Waals surface area contributed by atoms with E-state index < -0.39 is 0 Å². The molecule has 20 heavy (non-hydrogen) atoms. The summed E-state index contributed by atoms with van der Waals surface area (Å²) in [5.41, 5.74) is 1.98. The fourth-order valence-electron chi connectivity index (χ4n) is 1.95. The molecule has 100 valence electrons. The molecular weight excluding hydrogens is 316 g/mol. The van der Waals surface area contributed by atoms with Gasteiger partial charge in [-0.3, -0.25) is 4.79 Å². The number of halogens is 1. The molecule has 0 radical (unpaired) electrons. The number of hydrogen-bond acceptors (Lipinski definition) is 3. The monoisotopic (exact) mass is 328 g/mol. The molecule has 2 aromatic carbocycles. The van der Waals surface area contributed by atoms with Crippen molar-refractivity contribution in [3.05, 3.63) is 64.1 Å². The maximum Gasteiger partial charge on any atom is 0.182 e. The molecule has 0 bridgehead atoms. The standard InChI is InChI=1S/C16H13BrN2O/c1-19(15-8-3-2-5-13(15)10-18)11-16(20)12-6-4-7-14(17)9-12/h2-9H,11H2,1H3. The zero-order chi connectivity index (χ0) is 14.5. The molecule has 0 heterocycles. The van der Waals surface area contributed by atoms with E-state index in [2.05, 4.69) is 22.0 Å². The van der Waals surface area contributed by atoms with Crippen molar-refractivity contribution in [2.75, 3.05) is 18.5 Å². The topological polar surface area (TPSA) is 44.1 Å². The number of rotatable bonds is 4. The highest BCUT2D eigenvalue weighted by atomic mass is 79.9. The fourth-order valence-corrected chi connectivity index (χ4v) is 2.35. The van der Waals surface area contributed by atoms with Gasteiger partial charge < -0.3 is 4.90 Å². The van der Waals surface area contributed by atoms with Crippen LogP contribution >= 0.6 is 15.9 Å². The Labute approximate surface area is 126 Å². The highest BCUT2D eigenvalue weighted by Gasteiger charge is 2.12. The van der Waals surface area contributed by atoms with Gasteiger partial charge >= 0.3 is 0 Å². The first kappa shape index (κ1) is 14.3. The van der Waals surface area contributed by atoms with Crippen molar-refractivity contribution < 1.29 is 4.79 Å². The van der Waals surface area contributed by atoms with Crippen LogP contribution in [0.25, 0.3) is 0 Å². The third-order valence-electron chi connectivity index (χ3n) is 2.96. The van der Waals surface area contributed by atoms with Crippen molar-refractivity contribution in [2.24, 2.45) is 0 Å². The number of para-hydroxylation sites is 1. The first-order chi connectivity index (χ1) is 9.61. The maximum atomic E-state index is 12.2. The number of nitrogens with zero attached hydrogens (tertiary/aromatic N) is 2. The van der Waals surface area contributed by atoms with Gasteiger partial charge in [-0.15, -0.1) is 0 Å². The van der Waals surface area contributed by atoms with Crippen molar-refractivity contribution in [1.82, 2.24) is 0 Å².